The number of hydrogen-bond acceptors (Lipinski definition) is 3. The first-order valence-corrected chi connectivity index (χ1v) is 7.90. The van der Waals surface area contributed by atoms with E-state index in [0.29, 0.717) is 0 Å². The molecule has 0 radical (unpaired) electrons. The third-order valence-electron chi connectivity index (χ3n) is 3.73. The lowest BCUT2D eigenvalue weighted by Gasteiger charge is -2.21. The van der Waals surface area contributed by atoms with Crippen LogP contribution in [0.5, 0.6) is 0 Å². The lowest BCUT2D eigenvalue weighted by Crippen LogP contribution is -2.34. The number of fused-ring (bicyclic) bond motifs is 1. The summed E-state index contributed by atoms with van der Waals surface area (Å²) in [5, 5.41) is 8.85. The number of nitrogens with zero attached hydrogens (tertiary/aromatic N) is 2. The van der Waals surface area contributed by atoms with E-state index in [-0.39, 0.29) is 4.90 Å². The Bertz CT molecular complexity index is 617. The van der Waals surface area contributed by atoms with Crippen LogP contribution in [-0.2, 0) is 22.9 Å². The van der Waals surface area contributed by atoms with E-state index in [4.69, 9.17) is 5.26 Å². The molecular weight excluding hydrogens is 260 g/mol. The van der Waals surface area contributed by atoms with Gasteiger partial charge in [-0.05, 0) is 55.9 Å². The molecule has 19 heavy (non-hydrogen) atoms. The van der Waals surface area contributed by atoms with Crippen LogP contribution in [-0.4, -0.2) is 25.8 Å². The van der Waals surface area contributed by atoms with Crippen molar-refractivity contribution in [1.82, 2.24) is 4.31 Å². The van der Waals surface area contributed by atoms with Gasteiger partial charge >= 0.3 is 0 Å². The van der Waals surface area contributed by atoms with E-state index >= 15 is 0 Å². The Morgan fingerprint density at radius 3 is 2.53 bits per heavy atom. The second-order valence-electron chi connectivity index (χ2n) is 4.96. The summed E-state index contributed by atoms with van der Waals surface area (Å²) < 4.78 is 25.9. The van der Waals surface area contributed by atoms with Gasteiger partial charge in [-0.1, -0.05) is 6.07 Å². The predicted molar refractivity (Wildman–Crippen MR) is 73.1 cm³/mol. The van der Waals surface area contributed by atoms with Crippen LogP contribution in [0.1, 0.15) is 30.9 Å². The summed E-state index contributed by atoms with van der Waals surface area (Å²) in [4.78, 5) is 0.290. The minimum atomic E-state index is -3.57. The third-order valence-corrected chi connectivity index (χ3v) is 5.65. The van der Waals surface area contributed by atoms with Gasteiger partial charge in [0.2, 0.25) is 10.0 Å². The zero-order valence-electron chi connectivity index (χ0n) is 11.3. The van der Waals surface area contributed by atoms with Crippen LogP contribution in [0.2, 0.25) is 0 Å². The highest BCUT2D eigenvalue weighted by Crippen LogP contribution is 2.25. The lowest BCUT2D eigenvalue weighted by molar-refractivity contribution is 0.442. The number of benzene rings is 1. The first-order valence-electron chi connectivity index (χ1n) is 6.46. The van der Waals surface area contributed by atoms with Crippen molar-refractivity contribution in [3.8, 4) is 6.07 Å². The van der Waals surface area contributed by atoms with Crippen LogP contribution in [0.25, 0.3) is 0 Å². The molecule has 0 saturated heterocycles. The fourth-order valence-corrected chi connectivity index (χ4v) is 3.65. The Balaban J connectivity index is 2.39. The Morgan fingerprint density at radius 1 is 1.26 bits per heavy atom. The van der Waals surface area contributed by atoms with Gasteiger partial charge < -0.3 is 0 Å². The van der Waals surface area contributed by atoms with Gasteiger partial charge in [0.1, 0.15) is 6.04 Å². The molecule has 4 nitrogen and oxygen atoms in total. The molecule has 0 aliphatic heterocycles. The van der Waals surface area contributed by atoms with E-state index in [2.05, 4.69) is 0 Å². The molecule has 102 valence electrons. The number of aryl methyl sites for hydroxylation is 2. The highest BCUT2D eigenvalue weighted by atomic mass is 32.2. The molecule has 1 aliphatic rings. The van der Waals surface area contributed by atoms with Crippen molar-refractivity contribution in [2.24, 2.45) is 0 Å². The summed E-state index contributed by atoms with van der Waals surface area (Å²) in [5.74, 6) is 0. The number of hydrogen-bond donors (Lipinski definition) is 0. The molecule has 0 spiro atoms. The quantitative estimate of drug-likeness (QED) is 0.850. The predicted octanol–water partition coefficient (Wildman–Crippen LogP) is 2.10. The van der Waals surface area contributed by atoms with Crippen molar-refractivity contribution >= 4 is 10.0 Å². The Hall–Kier alpha value is -1.38. The third kappa shape index (κ3) is 2.65. The van der Waals surface area contributed by atoms with Gasteiger partial charge in [0, 0.05) is 7.05 Å². The minimum absolute atomic E-state index is 0.290. The molecule has 2 rings (SSSR count). The first-order chi connectivity index (χ1) is 8.96. The molecular formula is C14H18N2O2S. The van der Waals surface area contributed by atoms with Gasteiger partial charge in [-0.3, -0.25) is 0 Å². The second-order valence-corrected chi connectivity index (χ2v) is 6.96. The maximum absolute atomic E-state index is 12.4. The fraction of sp³-hybridized carbons (Fsp3) is 0.500. The van der Waals surface area contributed by atoms with Crippen molar-refractivity contribution in [2.45, 2.75) is 43.5 Å². The number of nitriles is 1. The van der Waals surface area contributed by atoms with E-state index in [0.717, 1.165) is 29.1 Å². The van der Waals surface area contributed by atoms with E-state index in [1.165, 1.54) is 19.0 Å². The molecule has 5 heteroatoms. The minimum Gasteiger partial charge on any atom is -0.207 e. The maximum atomic E-state index is 12.4. The van der Waals surface area contributed by atoms with Crippen molar-refractivity contribution in [3.05, 3.63) is 29.3 Å². The van der Waals surface area contributed by atoms with Gasteiger partial charge in [0.25, 0.3) is 0 Å². The van der Waals surface area contributed by atoms with Crippen LogP contribution >= 0.6 is 0 Å². The molecule has 0 heterocycles. The highest BCUT2D eigenvalue weighted by molar-refractivity contribution is 7.89. The van der Waals surface area contributed by atoms with Gasteiger partial charge in [0.05, 0.1) is 11.0 Å². The Morgan fingerprint density at radius 2 is 1.89 bits per heavy atom. The molecule has 1 atom stereocenters. The molecule has 1 aliphatic carbocycles. The summed E-state index contributed by atoms with van der Waals surface area (Å²) in [7, 11) is -2.13. The zero-order valence-corrected chi connectivity index (χ0v) is 12.1. The summed E-state index contributed by atoms with van der Waals surface area (Å²) in [5.41, 5.74) is 2.38. The highest BCUT2D eigenvalue weighted by Gasteiger charge is 2.26. The van der Waals surface area contributed by atoms with Crippen LogP contribution in [0.15, 0.2) is 23.1 Å². The summed E-state index contributed by atoms with van der Waals surface area (Å²) in [6, 6.07) is 6.61. The average Bonchev–Trinajstić information content (AvgIpc) is 2.45. The average molecular weight is 278 g/mol. The molecule has 1 unspecified atom stereocenters. The topological polar surface area (TPSA) is 61.2 Å². The molecule has 0 N–H and O–H groups in total. The van der Waals surface area contributed by atoms with Crippen molar-refractivity contribution in [1.29, 1.82) is 5.26 Å². The summed E-state index contributed by atoms with van der Waals surface area (Å²) in [6.45, 7) is 1.58. The van der Waals surface area contributed by atoms with E-state index in [1.54, 1.807) is 19.1 Å². The summed E-state index contributed by atoms with van der Waals surface area (Å²) >= 11 is 0. The molecule has 0 saturated carbocycles. The summed E-state index contributed by atoms with van der Waals surface area (Å²) in [6.07, 6.45) is 4.25. The molecule has 0 aromatic heterocycles. The van der Waals surface area contributed by atoms with Gasteiger partial charge in [-0.25, -0.2) is 8.42 Å². The van der Waals surface area contributed by atoms with E-state index in [9.17, 15) is 8.42 Å². The zero-order chi connectivity index (χ0) is 14.0. The molecule has 0 fully saturated rings. The van der Waals surface area contributed by atoms with Gasteiger partial charge in [-0.15, -0.1) is 0 Å². The van der Waals surface area contributed by atoms with E-state index in [1.807, 2.05) is 12.1 Å². The second kappa shape index (κ2) is 5.32. The van der Waals surface area contributed by atoms with Crippen LogP contribution < -0.4 is 0 Å². The van der Waals surface area contributed by atoms with Crippen molar-refractivity contribution < 1.29 is 8.42 Å². The molecule has 0 amide bonds. The SMILES string of the molecule is CC(C#N)N(C)S(=O)(=O)c1ccc2c(c1)CCCC2. The number of sulfonamides is 1. The molecule has 0 bridgehead atoms. The normalized spacial score (nSPS) is 16.7. The van der Waals surface area contributed by atoms with Crippen molar-refractivity contribution in [3.63, 3.8) is 0 Å². The van der Waals surface area contributed by atoms with Crippen LogP contribution in [0.4, 0.5) is 0 Å². The number of rotatable bonds is 3. The van der Waals surface area contributed by atoms with Crippen LogP contribution in [0.3, 0.4) is 0 Å². The Labute approximate surface area is 114 Å². The van der Waals surface area contributed by atoms with Crippen molar-refractivity contribution in [2.75, 3.05) is 7.05 Å². The monoisotopic (exact) mass is 278 g/mol. The lowest BCUT2D eigenvalue weighted by atomic mass is 9.92. The standard InChI is InChI=1S/C14H18N2O2S/c1-11(10-15)16(2)19(17,18)14-8-7-12-5-3-4-6-13(12)9-14/h7-9,11H,3-6H2,1-2H3. The Kier molecular flexibility index (Phi) is 3.93. The van der Waals surface area contributed by atoms with Gasteiger partial charge in [-0.2, -0.15) is 9.57 Å². The fourth-order valence-electron chi connectivity index (χ4n) is 2.33. The molecule has 1 aromatic rings. The molecule has 1 aromatic carbocycles. The van der Waals surface area contributed by atoms with E-state index < -0.39 is 16.1 Å². The van der Waals surface area contributed by atoms with Gasteiger partial charge in [0.15, 0.2) is 0 Å². The largest absolute Gasteiger partial charge is 0.244 e. The maximum Gasteiger partial charge on any atom is 0.244 e. The first kappa shape index (κ1) is 14.0. The van der Waals surface area contributed by atoms with Crippen LogP contribution in [0, 0.1) is 11.3 Å². The smallest absolute Gasteiger partial charge is 0.207 e.